The molecule has 0 amide bonds. The molecule has 0 aliphatic carbocycles. The fourth-order valence-corrected chi connectivity index (χ4v) is 2.13. The fourth-order valence-electron chi connectivity index (χ4n) is 1.61. The molecule has 1 rings (SSSR count). The number of rotatable bonds is 6. The minimum atomic E-state index is -3.60. The molecule has 18 heavy (non-hydrogen) atoms. The van der Waals surface area contributed by atoms with Crippen LogP contribution in [0.25, 0.3) is 0 Å². The van der Waals surface area contributed by atoms with Crippen LogP contribution in [-0.4, -0.2) is 15.0 Å². The van der Waals surface area contributed by atoms with Gasteiger partial charge in [0.2, 0.25) is 10.0 Å². The molecule has 4 nitrogen and oxygen atoms in total. The van der Waals surface area contributed by atoms with Crippen molar-refractivity contribution in [3.8, 4) is 0 Å². The van der Waals surface area contributed by atoms with E-state index in [-0.39, 0.29) is 10.9 Å². The smallest absolute Gasteiger partial charge is 0.238 e. The molecule has 0 saturated carbocycles. The van der Waals surface area contributed by atoms with Crippen molar-refractivity contribution in [2.75, 3.05) is 6.54 Å². The first-order chi connectivity index (χ1) is 8.45. The van der Waals surface area contributed by atoms with E-state index >= 15 is 0 Å². The van der Waals surface area contributed by atoms with Crippen molar-refractivity contribution in [2.45, 2.75) is 31.2 Å². The molecule has 0 fully saturated rings. The second kappa shape index (κ2) is 6.68. The number of hydrogen-bond acceptors (Lipinski definition) is 3. The third-order valence-corrected chi connectivity index (χ3v) is 3.64. The Morgan fingerprint density at radius 3 is 2.44 bits per heavy atom. The maximum Gasteiger partial charge on any atom is 0.238 e. The predicted molar refractivity (Wildman–Crippen MR) is 73.7 cm³/mol. The van der Waals surface area contributed by atoms with Crippen LogP contribution >= 0.6 is 0 Å². The first-order valence-electron chi connectivity index (χ1n) is 5.92. The largest absolute Gasteiger partial charge is 0.310 e. The molecular formula is C13H20N2O2S. The number of primary sulfonamides is 1. The first kappa shape index (κ1) is 14.9. The van der Waals surface area contributed by atoms with E-state index in [1.54, 1.807) is 12.1 Å². The van der Waals surface area contributed by atoms with Crippen molar-refractivity contribution in [2.24, 2.45) is 5.14 Å². The zero-order valence-electron chi connectivity index (χ0n) is 10.8. The molecule has 1 atom stereocenters. The normalized spacial score (nSPS) is 13.9. The molecule has 1 aromatic carbocycles. The summed E-state index contributed by atoms with van der Waals surface area (Å²) in [6, 6.07) is 6.83. The van der Waals surface area contributed by atoms with Crippen LogP contribution < -0.4 is 10.5 Å². The first-order valence-corrected chi connectivity index (χ1v) is 7.47. The highest BCUT2D eigenvalue weighted by molar-refractivity contribution is 7.89. The Morgan fingerprint density at radius 2 is 1.94 bits per heavy atom. The lowest BCUT2D eigenvalue weighted by Crippen LogP contribution is -2.19. The second-order valence-corrected chi connectivity index (χ2v) is 5.71. The van der Waals surface area contributed by atoms with Crippen molar-refractivity contribution in [3.05, 3.63) is 42.0 Å². The molecule has 0 bridgehead atoms. The Hall–Kier alpha value is -1.17. The van der Waals surface area contributed by atoms with Crippen LogP contribution in [-0.2, 0) is 10.0 Å². The van der Waals surface area contributed by atoms with Gasteiger partial charge in [0.1, 0.15) is 0 Å². The summed E-state index contributed by atoms with van der Waals surface area (Å²) in [5.74, 6) is 0. The molecule has 100 valence electrons. The molecule has 0 radical (unpaired) electrons. The topological polar surface area (TPSA) is 72.2 Å². The quantitative estimate of drug-likeness (QED) is 0.612. The van der Waals surface area contributed by atoms with Gasteiger partial charge in [0.15, 0.2) is 0 Å². The maximum atomic E-state index is 11.1. The van der Waals surface area contributed by atoms with E-state index in [0.717, 1.165) is 18.5 Å². The summed E-state index contributed by atoms with van der Waals surface area (Å²) in [4.78, 5) is 0.146. The van der Waals surface area contributed by atoms with E-state index in [0.29, 0.717) is 0 Å². The van der Waals surface area contributed by atoms with Gasteiger partial charge in [0.25, 0.3) is 0 Å². The third-order valence-electron chi connectivity index (χ3n) is 2.71. The number of nitrogens with two attached hydrogens (primary N) is 1. The summed E-state index contributed by atoms with van der Waals surface area (Å²) in [6.45, 7) is 4.93. The van der Waals surface area contributed by atoms with Gasteiger partial charge in [-0.05, 0) is 44.5 Å². The summed E-state index contributed by atoms with van der Waals surface area (Å²) in [6.07, 6.45) is 5.10. The van der Waals surface area contributed by atoms with E-state index in [2.05, 4.69) is 11.4 Å². The van der Waals surface area contributed by atoms with Gasteiger partial charge in [-0.15, -0.1) is 0 Å². The van der Waals surface area contributed by atoms with Crippen LogP contribution in [0.2, 0.25) is 0 Å². The van der Waals surface area contributed by atoms with Crippen molar-refractivity contribution >= 4 is 10.0 Å². The Morgan fingerprint density at radius 1 is 1.33 bits per heavy atom. The number of benzene rings is 1. The lowest BCUT2D eigenvalue weighted by Gasteiger charge is -2.13. The molecule has 1 aromatic rings. The van der Waals surface area contributed by atoms with E-state index in [1.165, 1.54) is 12.1 Å². The van der Waals surface area contributed by atoms with Gasteiger partial charge in [-0.25, -0.2) is 13.6 Å². The fraction of sp³-hybridized carbons (Fsp3) is 0.385. The number of sulfonamides is 1. The van der Waals surface area contributed by atoms with Crippen LogP contribution in [0.5, 0.6) is 0 Å². The third kappa shape index (κ3) is 4.60. The zero-order valence-corrected chi connectivity index (χ0v) is 11.6. The summed E-state index contributed by atoms with van der Waals surface area (Å²) in [5.41, 5.74) is 1.04. The van der Waals surface area contributed by atoms with Gasteiger partial charge in [-0.3, -0.25) is 0 Å². The Labute approximate surface area is 109 Å². The molecule has 0 spiro atoms. The van der Waals surface area contributed by atoms with Crippen molar-refractivity contribution in [1.29, 1.82) is 0 Å². The average molecular weight is 268 g/mol. The minimum Gasteiger partial charge on any atom is -0.310 e. The highest BCUT2D eigenvalue weighted by Gasteiger charge is 2.09. The van der Waals surface area contributed by atoms with E-state index in [4.69, 9.17) is 5.14 Å². The number of nitrogens with one attached hydrogen (secondary N) is 1. The summed E-state index contributed by atoms with van der Waals surface area (Å²) >= 11 is 0. The van der Waals surface area contributed by atoms with Crippen LogP contribution in [0.3, 0.4) is 0 Å². The summed E-state index contributed by atoms with van der Waals surface area (Å²) < 4.78 is 22.2. The minimum absolute atomic E-state index is 0.146. The van der Waals surface area contributed by atoms with Gasteiger partial charge in [-0.1, -0.05) is 24.3 Å². The molecule has 3 N–H and O–H groups in total. The molecular weight excluding hydrogens is 248 g/mol. The Kier molecular flexibility index (Phi) is 5.53. The van der Waals surface area contributed by atoms with E-state index in [9.17, 15) is 8.42 Å². The Balaban J connectivity index is 2.62. The van der Waals surface area contributed by atoms with Gasteiger partial charge in [-0.2, -0.15) is 0 Å². The second-order valence-electron chi connectivity index (χ2n) is 4.15. The highest BCUT2D eigenvalue weighted by Crippen LogP contribution is 2.15. The number of hydrogen-bond donors (Lipinski definition) is 2. The lowest BCUT2D eigenvalue weighted by molar-refractivity contribution is 0.580. The molecule has 0 aliphatic rings. The maximum absolute atomic E-state index is 11.1. The van der Waals surface area contributed by atoms with Crippen LogP contribution in [0.1, 0.15) is 31.9 Å². The van der Waals surface area contributed by atoms with Gasteiger partial charge in [0, 0.05) is 6.04 Å². The molecule has 0 aromatic heterocycles. The molecule has 0 heterocycles. The summed E-state index contributed by atoms with van der Waals surface area (Å²) in [5, 5.41) is 8.41. The average Bonchev–Trinajstić information content (AvgIpc) is 2.33. The van der Waals surface area contributed by atoms with Crippen LogP contribution in [0.4, 0.5) is 0 Å². The van der Waals surface area contributed by atoms with Gasteiger partial charge in [0.05, 0.1) is 4.90 Å². The molecule has 0 saturated heterocycles. The highest BCUT2D eigenvalue weighted by atomic mass is 32.2. The molecule has 5 heteroatoms. The zero-order chi connectivity index (χ0) is 13.6. The van der Waals surface area contributed by atoms with Gasteiger partial charge < -0.3 is 5.32 Å². The van der Waals surface area contributed by atoms with Gasteiger partial charge >= 0.3 is 0 Å². The van der Waals surface area contributed by atoms with Crippen molar-refractivity contribution < 1.29 is 8.42 Å². The molecule has 0 aliphatic heterocycles. The van der Waals surface area contributed by atoms with Crippen molar-refractivity contribution in [1.82, 2.24) is 5.32 Å². The monoisotopic (exact) mass is 268 g/mol. The number of allylic oxidation sites excluding steroid dienone is 1. The lowest BCUT2D eigenvalue weighted by atomic mass is 10.1. The Bertz CT molecular complexity index is 492. The van der Waals surface area contributed by atoms with Crippen molar-refractivity contribution in [3.63, 3.8) is 0 Å². The summed E-state index contributed by atoms with van der Waals surface area (Å²) in [7, 11) is -3.60. The van der Waals surface area contributed by atoms with Crippen LogP contribution in [0.15, 0.2) is 41.3 Å². The standard InChI is InChI=1S/C13H20N2O2S/c1-3-4-5-10-15-11(2)12-6-8-13(9-7-12)18(14,16)17/h3-4,6-9,11,15H,5,10H2,1-2H3,(H2,14,16,17)/b4-3+. The van der Waals surface area contributed by atoms with E-state index in [1.807, 2.05) is 19.9 Å². The SMILES string of the molecule is C/C=C/CCNC(C)c1ccc(S(N)(=O)=O)cc1. The van der Waals surface area contributed by atoms with Crippen LogP contribution in [0, 0.1) is 0 Å². The molecule has 1 unspecified atom stereocenters. The predicted octanol–water partition coefficient (Wildman–Crippen LogP) is 1.95. The van der Waals surface area contributed by atoms with E-state index < -0.39 is 10.0 Å².